The number of carbonyl (C=O) groups is 1. The van der Waals surface area contributed by atoms with E-state index in [1.54, 1.807) is 24.4 Å². The first kappa shape index (κ1) is 22.8. The second-order valence-electron chi connectivity index (χ2n) is 8.26. The summed E-state index contributed by atoms with van der Waals surface area (Å²) >= 11 is 0. The molecular formula is C28H22N4O4. The van der Waals surface area contributed by atoms with Gasteiger partial charge in [-0.15, -0.1) is 0 Å². The largest absolute Gasteiger partial charge is 0.496 e. The molecule has 36 heavy (non-hydrogen) atoms. The van der Waals surface area contributed by atoms with Gasteiger partial charge in [-0.3, -0.25) is 14.9 Å². The second kappa shape index (κ2) is 9.71. The predicted octanol–water partition coefficient (Wildman–Crippen LogP) is 5.52. The number of nitro groups is 1. The van der Waals surface area contributed by atoms with E-state index < -0.39 is 4.92 Å². The molecule has 5 rings (SSSR count). The summed E-state index contributed by atoms with van der Waals surface area (Å²) in [4.78, 5) is 23.6. The van der Waals surface area contributed by atoms with Crippen molar-refractivity contribution >= 4 is 39.5 Å². The minimum atomic E-state index is -0.400. The molecular weight excluding hydrogens is 456 g/mol. The summed E-state index contributed by atoms with van der Waals surface area (Å²) in [5.41, 5.74) is 5.61. The number of hydrogen-bond donors (Lipinski definition) is 1. The van der Waals surface area contributed by atoms with E-state index >= 15 is 0 Å². The summed E-state index contributed by atoms with van der Waals surface area (Å²) in [6, 6.07) is 25.7. The van der Waals surface area contributed by atoms with Gasteiger partial charge in [-0.05, 0) is 34.5 Å². The Kier molecular flexibility index (Phi) is 6.15. The van der Waals surface area contributed by atoms with Crippen LogP contribution in [0, 0.1) is 10.1 Å². The molecule has 0 atom stereocenters. The van der Waals surface area contributed by atoms with Gasteiger partial charge in [0.25, 0.3) is 11.6 Å². The van der Waals surface area contributed by atoms with Crippen molar-refractivity contribution in [2.45, 2.75) is 6.54 Å². The zero-order valence-corrected chi connectivity index (χ0v) is 19.4. The van der Waals surface area contributed by atoms with E-state index in [1.165, 1.54) is 13.2 Å². The highest BCUT2D eigenvalue weighted by atomic mass is 16.6. The number of hydrazone groups is 1. The van der Waals surface area contributed by atoms with Gasteiger partial charge in [0.1, 0.15) is 5.75 Å². The molecule has 1 aromatic heterocycles. The fourth-order valence-corrected chi connectivity index (χ4v) is 4.26. The summed E-state index contributed by atoms with van der Waals surface area (Å²) in [6.45, 7) is 0.455. The maximum absolute atomic E-state index is 12.9. The number of non-ortho nitro benzene ring substituents is 1. The first-order chi connectivity index (χ1) is 17.5. The van der Waals surface area contributed by atoms with Crippen LogP contribution in [0.3, 0.4) is 0 Å². The van der Waals surface area contributed by atoms with Crippen LogP contribution in [0.5, 0.6) is 5.75 Å². The van der Waals surface area contributed by atoms with Crippen LogP contribution in [0.2, 0.25) is 0 Å². The molecule has 0 fully saturated rings. The monoisotopic (exact) mass is 478 g/mol. The number of rotatable bonds is 7. The number of benzene rings is 4. The Morgan fingerprint density at radius 2 is 1.78 bits per heavy atom. The van der Waals surface area contributed by atoms with E-state index in [-0.39, 0.29) is 11.6 Å². The maximum atomic E-state index is 12.9. The number of nitrogens with zero attached hydrogens (tertiary/aromatic N) is 3. The highest BCUT2D eigenvalue weighted by Gasteiger charge is 2.14. The highest BCUT2D eigenvalue weighted by Crippen LogP contribution is 2.26. The number of carbonyl (C=O) groups excluding carboxylic acids is 1. The summed E-state index contributed by atoms with van der Waals surface area (Å²) in [5.74, 6) is 0.0872. The maximum Gasteiger partial charge on any atom is 0.275 e. The lowest BCUT2D eigenvalue weighted by Gasteiger charge is -2.09. The first-order valence-corrected chi connectivity index (χ1v) is 11.2. The minimum Gasteiger partial charge on any atom is -0.496 e. The fourth-order valence-electron chi connectivity index (χ4n) is 4.26. The van der Waals surface area contributed by atoms with E-state index in [0.29, 0.717) is 17.9 Å². The molecule has 0 bridgehead atoms. The van der Waals surface area contributed by atoms with E-state index in [1.807, 2.05) is 71.4 Å². The molecule has 0 aliphatic carbocycles. The Morgan fingerprint density at radius 1 is 1.03 bits per heavy atom. The SMILES string of the molecule is COc1cc2ccccc2cc1C(=O)NN=Cc1cn(Cc2cccc([N+](=O)[O-])c2)c2ccccc12. The van der Waals surface area contributed by atoms with Crippen molar-refractivity contribution in [3.05, 3.63) is 118 Å². The molecule has 0 saturated heterocycles. The molecule has 5 aromatic rings. The van der Waals surface area contributed by atoms with Gasteiger partial charge in [0.2, 0.25) is 0 Å². The third-order valence-corrected chi connectivity index (χ3v) is 5.98. The average molecular weight is 479 g/mol. The Hall–Kier alpha value is -4.98. The van der Waals surface area contributed by atoms with Crippen molar-refractivity contribution < 1.29 is 14.5 Å². The van der Waals surface area contributed by atoms with Crippen molar-refractivity contribution in [3.63, 3.8) is 0 Å². The van der Waals surface area contributed by atoms with Crippen LogP contribution < -0.4 is 10.2 Å². The second-order valence-corrected chi connectivity index (χ2v) is 8.26. The van der Waals surface area contributed by atoms with Crippen LogP contribution in [0.4, 0.5) is 5.69 Å². The van der Waals surface area contributed by atoms with Crippen LogP contribution in [0.15, 0.2) is 96.2 Å². The predicted molar refractivity (Wildman–Crippen MR) is 140 cm³/mol. The zero-order valence-electron chi connectivity index (χ0n) is 19.4. The van der Waals surface area contributed by atoms with Crippen LogP contribution in [-0.4, -0.2) is 28.7 Å². The van der Waals surface area contributed by atoms with Crippen molar-refractivity contribution in [2.75, 3.05) is 7.11 Å². The van der Waals surface area contributed by atoms with Crippen LogP contribution in [-0.2, 0) is 6.54 Å². The van der Waals surface area contributed by atoms with Crippen molar-refractivity contribution in [3.8, 4) is 5.75 Å². The van der Waals surface area contributed by atoms with E-state index in [0.717, 1.165) is 32.8 Å². The Balaban J connectivity index is 1.40. The first-order valence-electron chi connectivity index (χ1n) is 11.2. The van der Waals surface area contributed by atoms with E-state index in [9.17, 15) is 14.9 Å². The molecule has 0 unspecified atom stereocenters. The molecule has 4 aromatic carbocycles. The topological polar surface area (TPSA) is 98.8 Å². The molecule has 1 N–H and O–H groups in total. The molecule has 8 nitrogen and oxygen atoms in total. The van der Waals surface area contributed by atoms with Gasteiger partial charge in [0.15, 0.2) is 0 Å². The number of fused-ring (bicyclic) bond motifs is 2. The normalized spacial score (nSPS) is 11.2. The molecule has 1 heterocycles. The molecule has 8 heteroatoms. The Morgan fingerprint density at radius 3 is 2.56 bits per heavy atom. The van der Waals surface area contributed by atoms with Gasteiger partial charge in [-0.2, -0.15) is 5.10 Å². The average Bonchev–Trinajstić information content (AvgIpc) is 3.25. The van der Waals surface area contributed by atoms with Crippen LogP contribution in [0.1, 0.15) is 21.5 Å². The molecule has 0 radical (unpaired) electrons. The van der Waals surface area contributed by atoms with E-state index in [2.05, 4.69) is 10.5 Å². The number of nitrogens with one attached hydrogen (secondary N) is 1. The lowest BCUT2D eigenvalue weighted by atomic mass is 10.1. The van der Waals surface area contributed by atoms with Gasteiger partial charge < -0.3 is 9.30 Å². The number of para-hydroxylation sites is 1. The smallest absolute Gasteiger partial charge is 0.275 e. The highest BCUT2D eigenvalue weighted by molar-refractivity contribution is 6.03. The summed E-state index contributed by atoms with van der Waals surface area (Å²) in [5, 5.41) is 18.2. The zero-order chi connectivity index (χ0) is 25.1. The Bertz CT molecular complexity index is 1640. The third kappa shape index (κ3) is 4.52. The number of ether oxygens (including phenoxy) is 1. The minimum absolute atomic E-state index is 0.0533. The van der Waals surface area contributed by atoms with Gasteiger partial charge in [0, 0.05) is 41.3 Å². The van der Waals surface area contributed by atoms with Gasteiger partial charge in [0.05, 0.1) is 23.8 Å². The van der Waals surface area contributed by atoms with Crippen molar-refractivity contribution in [1.82, 2.24) is 9.99 Å². The van der Waals surface area contributed by atoms with Crippen molar-refractivity contribution in [2.24, 2.45) is 5.10 Å². The van der Waals surface area contributed by atoms with Crippen molar-refractivity contribution in [1.29, 1.82) is 0 Å². The number of aromatic nitrogens is 1. The number of methoxy groups -OCH3 is 1. The Labute approximate surface area is 206 Å². The quantitative estimate of drug-likeness (QED) is 0.189. The fraction of sp³-hybridized carbons (Fsp3) is 0.0714. The molecule has 0 aliphatic heterocycles. The molecule has 0 aliphatic rings. The number of nitro benzene ring substituents is 1. The molecule has 1 amide bonds. The van der Waals surface area contributed by atoms with Crippen LogP contribution in [0.25, 0.3) is 21.7 Å². The van der Waals surface area contributed by atoms with E-state index in [4.69, 9.17) is 4.74 Å². The standard InChI is InChI=1S/C28H22N4O4/c1-36-27-15-21-9-3-2-8-20(21)14-25(27)28(33)30-29-16-22-18-31(26-12-5-4-11-24(22)26)17-19-7-6-10-23(13-19)32(34)35/h2-16,18H,17H2,1H3,(H,30,33). The summed E-state index contributed by atoms with van der Waals surface area (Å²) < 4.78 is 7.43. The third-order valence-electron chi connectivity index (χ3n) is 5.98. The lowest BCUT2D eigenvalue weighted by molar-refractivity contribution is -0.384. The lowest BCUT2D eigenvalue weighted by Crippen LogP contribution is -2.18. The molecule has 0 spiro atoms. The van der Waals surface area contributed by atoms with Gasteiger partial charge in [-0.1, -0.05) is 54.6 Å². The van der Waals surface area contributed by atoms with Crippen LogP contribution >= 0.6 is 0 Å². The molecule has 0 saturated carbocycles. The summed E-state index contributed by atoms with van der Waals surface area (Å²) in [7, 11) is 1.53. The van der Waals surface area contributed by atoms with Gasteiger partial charge >= 0.3 is 0 Å². The summed E-state index contributed by atoms with van der Waals surface area (Å²) in [6.07, 6.45) is 3.51. The number of hydrogen-bond acceptors (Lipinski definition) is 5. The molecule has 178 valence electrons. The number of amides is 1. The van der Waals surface area contributed by atoms with Gasteiger partial charge in [-0.25, -0.2) is 5.43 Å².